The number of ketones is 1. The maximum absolute atomic E-state index is 14.0. The van der Waals surface area contributed by atoms with Gasteiger partial charge in [0.05, 0.1) is 22.5 Å². The maximum atomic E-state index is 14.0. The van der Waals surface area contributed by atoms with E-state index in [0.717, 1.165) is 17.8 Å². The van der Waals surface area contributed by atoms with Gasteiger partial charge in [-0.15, -0.1) is 0 Å². The summed E-state index contributed by atoms with van der Waals surface area (Å²) in [5.74, 6) is -3.75. The average Bonchev–Trinajstić information content (AvgIpc) is 3.14. The lowest BCUT2D eigenvalue weighted by atomic mass is 10.0. The highest BCUT2D eigenvalue weighted by Gasteiger charge is 2.50. The third-order valence-corrected chi connectivity index (χ3v) is 6.34. The van der Waals surface area contributed by atoms with E-state index < -0.39 is 34.8 Å². The van der Waals surface area contributed by atoms with Gasteiger partial charge in [-0.3, -0.25) is 14.4 Å². The van der Waals surface area contributed by atoms with E-state index >= 15 is 0 Å². The van der Waals surface area contributed by atoms with Crippen LogP contribution in [0.25, 0.3) is 0 Å². The number of nitrogens with zero attached hydrogens (tertiary/aromatic N) is 1. The van der Waals surface area contributed by atoms with Crippen LogP contribution in [0.15, 0.2) is 30.1 Å². The van der Waals surface area contributed by atoms with Crippen molar-refractivity contribution in [3.05, 3.63) is 64.2 Å². The molecule has 2 aromatic rings. The van der Waals surface area contributed by atoms with Gasteiger partial charge in [0.25, 0.3) is 17.6 Å². The number of aromatic nitrogens is 1. The Morgan fingerprint density at radius 3 is 2.64 bits per heavy atom. The van der Waals surface area contributed by atoms with Crippen LogP contribution >= 0.6 is 0 Å². The van der Waals surface area contributed by atoms with Crippen molar-refractivity contribution in [1.82, 2.24) is 26.3 Å². The monoisotopic (exact) mass is 456 g/mol. The first kappa shape index (κ1) is 21.1. The van der Waals surface area contributed by atoms with Gasteiger partial charge in [0.1, 0.15) is 17.3 Å². The number of fused-ring (bicyclic) bond motifs is 1. The zero-order valence-corrected chi connectivity index (χ0v) is 17.8. The molecule has 5 rings (SSSR count). The summed E-state index contributed by atoms with van der Waals surface area (Å²) in [6.07, 6.45) is 4.33. The minimum absolute atomic E-state index is 0.171. The Bertz CT molecular complexity index is 1230. The third kappa shape index (κ3) is 3.54. The highest BCUT2D eigenvalue weighted by Crippen LogP contribution is 2.41. The number of halogens is 2. The summed E-state index contributed by atoms with van der Waals surface area (Å²) in [5.41, 5.74) is 9.72. The number of carbonyl (C=O) groups is 3. The summed E-state index contributed by atoms with van der Waals surface area (Å²) >= 11 is 0. The second kappa shape index (κ2) is 7.69. The van der Waals surface area contributed by atoms with Gasteiger partial charge in [-0.05, 0) is 50.3 Å². The summed E-state index contributed by atoms with van der Waals surface area (Å²) < 4.78 is 28.9. The second-order valence-electron chi connectivity index (χ2n) is 8.45. The molecule has 0 radical (unpaired) electrons. The van der Waals surface area contributed by atoms with Crippen LogP contribution in [-0.4, -0.2) is 27.7 Å². The Hall–Kier alpha value is -3.73. The minimum Gasteiger partial charge on any atom is -0.340 e. The Balaban J connectivity index is 1.42. The molecule has 2 aliphatic heterocycles. The molecule has 3 heterocycles. The number of amides is 2. The van der Waals surface area contributed by atoms with Crippen LogP contribution in [0.2, 0.25) is 0 Å². The number of nitrogens with one attached hydrogen (secondary N) is 5. The SMILES string of the molecule is Cc1c(C(=O)C(=O)NC2(C3=CNNN3)CC2)c2n(c1C(=O)Nc1ccc(F)cc1F)CCC2. The lowest BCUT2D eigenvalue weighted by Crippen LogP contribution is -2.46. The number of anilines is 1. The molecule has 0 atom stereocenters. The van der Waals surface area contributed by atoms with Crippen molar-refractivity contribution in [2.24, 2.45) is 0 Å². The Morgan fingerprint density at radius 2 is 1.97 bits per heavy atom. The van der Waals surface area contributed by atoms with Gasteiger partial charge in [-0.1, -0.05) is 0 Å². The summed E-state index contributed by atoms with van der Waals surface area (Å²) in [6.45, 7) is 2.10. The van der Waals surface area contributed by atoms with Crippen LogP contribution in [0, 0.1) is 18.6 Å². The Kier molecular flexibility index (Phi) is 4.93. The zero-order chi connectivity index (χ0) is 23.3. The average molecular weight is 456 g/mol. The molecule has 3 aliphatic rings. The molecule has 1 aromatic carbocycles. The quantitative estimate of drug-likeness (QED) is 0.333. The van der Waals surface area contributed by atoms with Crippen molar-refractivity contribution < 1.29 is 23.2 Å². The van der Waals surface area contributed by atoms with Gasteiger partial charge in [0, 0.05) is 24.5 Å². The summed E-state index contributed by atoms with van der Waals surface area (Å²) in [4.78, 5) is 39.1. The minimum atomic E-state index is -0.904. The Morgan fingerprint density at radius 1 is 1.18 bits per heavy atom. The van der Waals surface area contributed by atoms with E-state index in [1.165, 1.54) is 0 Å². The van der Waals surface area contributed by atoms with Gasteiger partial charge in [0.2, 0.25) is 0 Å². The molecule has 0 spiro atoms. The fourth-order valence-electron chi connectivity index (χ4n) is 4.56. The molecule has 0 bridgehead atoms. The van der Waals surface area contributed by atoms with Crippen molar-refractivity contribution in [3.8, 4) is 0 Å². The van der Waals surface area contributed by atoms with Crippen molar-refractivity contribution in [3.63, 3.8) is 0 Å². The number of carbonyl (C=O) groups excluding carboxylic acids is 3. The van der Waals surface area contributed by atoms with E-state index in [4.69, 9.17) is 0 Å². The molecular formula is C22H22F2N6O3. The van der Waals surface area contributed by atoms with Gasteiger partial charge in [-0.2, -0.15) is 5.53 Å². The van der Waals surface area contributed by atoms with E-state index in [2.05, 4.69) is 27.0 Å². The van der Waals surface area contributed by atoms with E-state index in [0.29, 0.717) is 49.6 Å². The highest BCUT2D eigenvalue weighted by molar-refractivity contribution is 6.44. The standard InChI is InChI=1S/C22H22F2N6O3/c1-11-17(19(31)21(33)27-22(6-7-22)16-10-25-29-28-16)15-3-2-8-30(15)18(11)20(32)26-14-5-4-12(23)9-13(14)24/h4-5,9-10,25,28-29H,2-3,6-8H2,1H3,(H,26,32)(H,27,33). The summed E-state index contributed by atoms with van der Waals surface area (Å²) in [7, 11) is 0. The topological polar surface area (TPSA) is 116 Å². The molecule has 1 fully saturated rings. The molecule has 11 heteroatoms. The smallest absolute Gasteiger partial charge is 0.293 e. The van der Waals surface area contributed by atoms with Crippen molar-refractivity contribution in [1.29, 1.82) is 0 Å². The molecule has 2 amide bonds. The number of hydrogen-bond acceptors (Lipinski definition) is 6. The molecule has 5 N–H and O–H groups in total. The number of hydrogen-bond donors (Lipinski definition) is 5. The predicted molar refractivity (Wildman–Crippen MR) is 114 cm³/mol. The molecule has 0 unspecified atom stereocenters. The van der Waals surface area contributed by atoms with Crippen LogP contribution < -0.4 is 27.0 Å². The number of Topliss-reactive ketones (excluding diaryl/α,β-unsaturated/α-hetero) is 1. The van der Waals surface area contributed by atoms with Crippen molar-refractivity contribution >= 4 is 23.3 Å². The first-order valence-electron chi connectivity index (χ1n) is 10.6. The predicted octanol–water partition coefficient (Wildman–Crippen LogP) is 1.56. The van der Waals surface area contributed by atoms with Crippen LogP contribution in [-0.2, 0) is 17.8 Å². The molecule has 1 aliphatic carbocycles. The molecule has 172 valence electrons. The third-order valence-electron chi connectivity index (χ3n) is 6.34. The molecular weight excluding hydrogens is 434 g/mol. The van der Waals surface area contributed by atoms with E-state index in [1.54, 1.807) is 17.7 Å². The lowest BCUT2D eigenvalue weighted by Gasteiger charge is -2.18. The molecule has 0 saturated heterocycles. The van der Waals surface area contributed by atoms with Crippen molar-refractivity contribution in [2.45, 2.75) is 44.7 Å². The number of hydrazine groups is 2. The second-order valence-corrected chi connectivity index (χ2v) is 8.45. The van der Waals surface area contributed by atoms with E-state index in [1.807, 2.05) is 0 Å². The fraction of sp³-hybridized carbons (Fsp3) is 0.318. The van der Waals surface area contributed by atoms with Gasteiger partial charge < -0.3 is 26.1 Å². The molecule has 33 heavy (non-hydrogen) atoms. The largest absolute Gasteiger partial charge is 0.340 e. The first-order chi connectivity index (χ1) is 15.8. The maximum Gasteiger partial charge on any atom is 0.293 e. The normalized spacial score (nSPS) is 17.5. The van der Waals surface area contributed by atoms with Gasteiger partial charge in [-0.25, -0.2) is 8.78 Å². The Labute approximate surface area is 187 Å². The number of benzene rings is 1. The van der Waals surface area contributed by atoms with Crippen LogP contribution in [0.1, 0.15) is 51.4 Å². The van der Waals surface area contributed by atoms with E-state index in [9.17, 15) is 23.2 Å². The molecule has 1 aromatic heterocycles. The van der Waals surface area contributed by atoms with Crippen molar-refractivity contribution in [2.75, 3.05) is 5.32 Å². The van der Waals surface area contributed by atoms with Gasteiger partial charge in [0.15, 0.2) is 0 Å². The highest BCUT2D eigenvalue weighted by atomic mass is 19.1. The summed E-state index contributed by atoms with van der Waals surface area (Å²) in [5, 5.41) is 5.27. The molecule has 1 saturated carbocycles. The number of rotatable bonds is 6. The fourth-order valence-corrected chi connectivity index (χ4v) is 4.56. The van der Waals surface area contributed by atoms with E-state index in [-0.39, 0.29) is 16.9 Å². The summed E-state index contributed by atoms with van der Waals surface area (Å²) in [6, 6.07) is 2.86. The molecule has 9 nitrogen and oxygen atoms in total. The van der Waals surface area contributed by atoms with Crippen LogP contribution in [0.5, 0.6) is 0 Å². The lowest BCUT2D eigenvalue weighted by molar-refractivity contribution is -0.117. The first-order valence-corrected chi connectivity index (χ1v) is 10.6. The van der Waals surface area contributed by atoms with Crippen LogP contribution in [0.4, 0.5) is 14.5 Å². The van der Waals surface area contributed by atoms with Crippen LogP contribution in [0.3, 0.4) is 0 Å². The van der Waals surface area contributed by atoms with Gasteiger partial charge >= 0.3 is 0 Å². The zero-order valence-electron chi connectivity index (χ0n) is 17.8.